The predicted octanol–water partition coefficient (Wildman–Crippen LogP) is 4.22. The van der Waals surface area contributed by atoms with E-state index in [1.165, 1.54) is 0 Å². The smallest absolute Gasteiger partial charge is 0.410 e. The first kappa shape index (κ1) is 24.9. The van der Waals surface area contributed by atoms with Gasteiger partial charge < -0.3 is 19.1 Å². The summed E-state index contributed by atoms with van der Waals surface area (Å²) in [5, 5.41) is 0. The number of para-hydroxylation sites is 1. The zero-order valence-electron chi connectivity index (χ0n) is 19.3. The molecule has 1 aromatic carbocycles. The van der Waals surface area contributed by atoms with Gasteiger partial charge in [0.25, 0.3) is 0 Å². The maximum atomic E-state index is 13.5. The van der Waals surface area contributed by atoms with Gasteiger partial charge in [0, 0.05) is 38.4 Å². The lowest BCUT2D eigenvalue weighted by molar-refractivity contribution is -0.202. The maximum absolute atomic E-state index is 13.5. The molecule has 3 fully saturated rings. The number of hydrogen-bond acceptors (Lipinski definition) is 6. The first-order valence-electron chi connectivity index (χ1n) is 11.8. The quantitative estimate of drug-likeness (QED) is 0.624. The first-order valence-corrected chi connectivity index (χ1v) is 11.8. The molecule has 3 atom stereocenters. The highest BCUT2D eigenvalue weighted by Gasteiger charge is 2.49. The average molecular weight is 485 g/mol. The summed E-state index contributed by atoms with van der Waals surface area (Å²) in [5.74, 6) is -1.28. The molecule has 0 bridgehead atoms. The largest absolute Gasteiger partial charge is 0.421 e. The van der Waals surface area contributed by atoms with Gasteiger partial charge in [-0.25, -0.2) is 9.69 Å². The van der Waals surface area contributed by atoms with Crippen molar-refractivity contribution in [3.05, 3.63) is 30.3 Å². The van der Waals surface area contributed by atoms with Gasteiger partial charge in [-0.15, -0.1) is 0 Å². The normalized spacial score (nSPS) is 26.8. The minimum Gasteiger partial charge on any atom is -0.410 e. The summed E-state index contributed by atoms with van der Waals surface area (Å²) in [6.07, 6.45) is -3.91. The lowest BCUT2D eigenvalue weighted by Gasteiger charge is -2.49. The summed E-state index contributed by atoms with van der Waals surface area (Å²) in [6, 6.07) is 8.46. The summed E-state index contributed by atoms with van der Waals surface area (Å²) in [5.41, 5.74) is 0. The SMILES string of the molecule is CN1C[C@H](C(=O)N(CCCC(F)(F)F)C(=O)Oc2ccccc2)C[C@@H]2CC3(CC[C@H]21)OCCO3. The number of likely N-dealkylation sites (tertiary alicyclic amines) is 1. The molecule has 1 aliphatic carbocycles. The monoisotopic (exact) mass is 484 g/mol. The van der Waals surface area contributed by atoms with E-state index in [2.05, 4.69) is 4.90 Å². The molecule has 3 aliphatic rings. The number of benzene rings is 1. The van der Waals surface area contributed by atoms with Crippen LogP contribution in [-0.2, 0) is 14.3 Å². The minimum atomic E-state index is -4.37. The lowest BCUT2D eigenvalue weighted by Crippen LogP contribution is -2.56. The van der Waals surface area contributed by atoms with E-state index in [0.29, 0.717) is 32.6 Å². The topological polar surface area (TPSA) is 68.3 Å². The van der Waals surface area contributed by atoms with Gasteiger partial charge in [-0.2, -0.15) is 13.2 Å². The Labute approximate surface area is 197 Å². The number of hydrogen-bond donors (Lipinski definition) is 0. The number of imide groups is 1. The number of ether oxygens (including phenoxy) is 3. The van der Waals surface area contributed by atoms with Crippen LogP contribution < -0.4 is 4.74 Å². The Morgan fingerprint density at radius 2 is 1.91 bits per heavy atom. The van der Waals surface area contributed by atoms with Gasteiger partial charge in [-0.1, -0.05) is 18.2 Å². The standard InChI is InChI=1S/C24H31F3N2O5/c1-28-16-18(14-17-15-23(10-8-20(17)28)32-12-13-33-23)21(30)29(11-5-9-24(25,26)27)22(31)34-19-6-3-2-4-7-19/h2-4,6-7,17-18,20H,5,8-16H2,1H3/t17-,18-,20-/m1/s1. The van der Waals surface area contributed by atoms with E-state index in [0.717, 1.165) is 17.7 Å². The molecular weight excluding hydrogens is 453 g/mol. The minimum absolute atomic E-state index is 0.127. The van der Waals surface area contributed by atoms with Crippen molar-refractivity contribution in [2.45, 2.75) is 56.5 Å². The van der Waals surface area contributed by atoms with Gasteiger partial charge in [0.15, 0.2) is 5.79 Å². The van der Waals surface area contributed by atoms with E-state index in [-0.39, 0.29) is 30.7 Å². The van der Waals surface area contributed by atoms with Crippen LogP contribution in [0.3, 0.4) is 0 Å². The molecule has 0 radical (unpaired) electrons. The van der Waals surface area contributed by atoms with Crippen LogP contribution in [0.1, 0.15) is 38.5 Å². The molecule has 1 aromatic rings. The number of amides is 2. The number of fused-ring (bicyclic) bond motifs is 1. The number of halogens is 3. The summed E-state index contributed by atoms with van der Waals surface area (Å²) >= 11 is 0. The van der Waals surface area contributed by atoms with Crippen LogP contribution in [0.25, 0.3) is 0 Å². The third kappa shape index (κ3) is 5.90. The van der Waals surface area contributed by atoms with Gasteiger partial charge in [-0.05, 0) is 44.4 Å². The number of carbonyl (C=O) groups excluding carboxylic acids is 2. The molecule has 0 unspecified atom stereocenters. The van der Waals surface area contributed by atoms with E-state index in [4.69, 9.17) is 14.2 Å². The van der Waals surface area contributed by atoms with Gasteiger partial charge in [0.05, 0.1) is 19.1 Å². The fourth-order valence-electron chi connectivity index (χ4n) is 5.52. The van der Waals surface area contributed by atoms with E-state index in [1.54, 1.807) is 30.3 Å². The van der Waals surface area contributed by atoms with Crippen molar-refractivity contribution in [3.63, 3.8) is 0 Å². The average Bonchev–Trinajstić information content (AvgIpc) is 3.23. The Bertz CT molecular complexity index is 860. The molecule has 7 nitrogen and oxygen atoms in total. The van der Waals surface area contributed by atoms with Gasteiger partial charge in [-0.3, -0.25) is 4.79 Å². The van der Waals surface area contributed by atoms with E-state index in [1.807, 2.05) is 7.05 Å². The van der Waals surface area contributed by atoms with Gasteiger partial charge in [0.2, 0.25) is 5.91 Å². The second kappa shape index (κ2) is 10.2. The number of carbonyl (C=O) groups is 2. The highest BCUT2D eigenvalue weighted by atomic mass is 19.4. The van der Waals surface area contributed by atoms with Crippen LogP contribution in [0.15, 0.2) is 30.3 Å². The highest BCUT2D eigenvalue weighted by molar-refractivity contribution is 5.94. The molecule has 2 aliphatic heterocycles. The molecule has 2 amide bonds. The second-order valence-corrected chi connectivity index (χ2v) is 9.44. The molecule has 0 N–H and O–H groups in total. The Kier molecular flexibility index (Phi) is 7.49. The Morgan fingerprint density at radius 3 is 2.59 bits per heavy atom. The Balaban J connectivity index is 1.47. The Hall–Kier alpha value is -2.17. The number of alkyl halides is 3. The van der Waals surface area contributed by atoms with E-state index in [9.17, 15) is 22.8 Å². The third-order valence-electron chi connectivity index (χ3n) is 7.04. The van der Waals surface area contributed by atoms with Crippen LogP contribution in [0, 0.1) is 11.8 Å². The van der Waals surface area contributed by atoms with Crippen molar-refractivity contribution in [3.8, 4) is 5.75 Å². The molecule has 4 rings (SSSR count). The zero-order valence-corrected chi connectivity index (χ0v) is 19.3. The van der Waals surface area contributed by atoms with Crippen molar-refractivity contribution >= 4 is 12.0 Å². The van der Waals surface area contributed by atoms with Crippen molar-refractivity contribution in [2.75, 3.05) is 33.4 Å². The number of nitrogens with zero attached hydrogens (tertiary/aromatic N) is 2. The van der Waals surface area contributed by atoms with Crippen molar-refractivity contribution in [1.29, 1.82) is 0 Å². The molecule has 1 spiro atoms. The maximum Gasteiger partial charge on any atom is 0.421 e. The molecular formula is C24H31F3N2O5. The fraction of sp³-hybridized carbons (Fsp3) is 0.667. The fourth-order valence-corrected chi connectivity index (χ4v) is 5.52. The van der Waals surface area contributed by atoms with E-state index >= 15 is 0 Å². The predicted molar refractivity (Wildman–Crippen MR) is 116 cm³/mol. The second-order valence-electron chi connectivity index (χ2n) is 9.44. The van der Waals surface area contributed by atoms with Crippen LogP contribution in [0.4, 0.5) is 18.0 Å². The first-order chi connectivity index (χ1) is 16.2. The van der Waals surface area contributed by atoms with Crippen molar-refractivity contribution < 1.29 is 37.0 Å². The van der Waals surface area contributed by atoms with Gasteiger partial charge in [0.1, 0.15) is 5.75 Å². The summed E-state index contributed by atoms with van der Waals surface area (Å²) in [4.78, 5) is 29.3. The molecule has 34 heavy (non-hydrogen) atoms. The molecule has 2 saturated heterocycles. The summed E-state index contributed by atoms with van der Waals surface area (Å²) in [6.45, 7) is 1.18. The summed E-state index contributed by atoms with van der Waals surface area (Å²) in [7, 11) is 1.95. The van der Waals surface area contributed by atoms with Crippen LogP contribution in [0.5, 0.6) is 5.75 Å². The molecule has 2 heterocycles. The van der Waals surface area contributed by atoms with E-state index < -0.39 is 36.3 Å². The third-order valence-corrected chi connectivity index (χ3v) is 7.04. The number of piperidine rings is 1. The van der Waals surface area contributed by atoms with Crippen molar-refractivity contribution in [2.24, 2.45) is 11.8 Å². The van der Waals surface area contributed by atoms with Gasteiger partial charge >= 0.3 is 12.3 Å². The zero-order chi connectivity index (χ0) is 24.3. The summed E-state index contributed by atoms with van der Waals surface area (Å²) < 4.78 is 55.3. The van der Waals surface area contributed by atoms with Crippen LogP contribution in [-0.4, -0.2) is 73.2 Å². The molecule has 10 heteroatoms. The molecule has 1 saturated carbocycles. The number of rotatable bonds is 5. The Morgan fingerprint density at radius 1 is 1.21 bits per heavy atom. The lowest BCUT2D eigenvalue weighted by atomic mass is 9.72. The van der Waals surface area contributed by atoms with Crippen LogP contribution >= 0.6 is 0 Å². The molecule has 0 aromatic heterocycles. The molecule has 188 valence electrons. The van der Waals surface area contributed by atoms with Crippen molar-refractivity contribution in [1.82, 2.24) is 9.80 Å². The highest BCUT2D eigenvalue weighted by Crippen LogP contribution is 2.45. The van der Waals surface area contributed by atoms with Crippen LogP contribution in [0.2, 0.25) is 0 Å².